The summed E-state index contributed by atoms with van der Waals surface area (Å²) in [7, 11) is 1.44. The Hall–Kier alpha value is -1.46. The van der Waals surface area contributed by atoms with Gasteiger partial charge in [-0.25, -0.2) is 9.18 Å². The molecule has 0 amide bonds. The maximum Gasteiger partial charge on any atom is 0.332 e. The molecule has 0 bridgehead atoms. The van der Waals surface area contributed by atoms with Crippen molar-refractivity contribution in [3.63, 3.8) is 0 Å². The van der Waals surface area contributed by atoms with Gasteiger partial charge in [0, 0.05) is 19.2 Å². The second-order valence-electron chi connectivity index (χ2n) is 4.96. The highest BCUT2D eigenvalue weighted by molar-refractivity contribution is 5.70. The first kappa shape index (κ1) is 15.6. The van der Waals surface area contributed by atoms with Gasteiger partial charge in [-0.1, -0.05) is 12.1 Å². The lowest BCUT2D eigenvalue weighted by molar-refractivity contribution is -0.149. The number of rotatable bonds is 7. The zero-order valence-corrected chi connectivity index (χ0v) is 11.5. The summed E-state index contributed by atoms with van der Waals surface area (Å²) in [6, 6.07) is 6.38. The van der Waals surface area contributed by atoms with E-state index in [0.717, 1.165) is 5.56 Å². The van der Waals surface area contributed by atoms with Crippen molar-refractivity contribution in [1.29, 1.82) is 0 Å². The van der Waals surface area contributed by atoms with Crippen LogP contribution in [0.1, 0.15) is 19.4 Å². The SMILES string of the molecule is COCC(=O)OCC(C)(C)NCc1cccc(F)c1. The average Bonchev–Trinajstić information content (AvgIpc) is 2.35. The Kier molecular flexibility index (Phi) is 5.92. The minimum Gasteiger partial charge on any atom is -0.462 e. The van der Waals surface area contributed by atoms with Crippen LogP contribution >= 0.6 is 0 Å². The molecule has 1 N–H and O–H groups in total. The Morgan fingerprint density at radius 2 is 2.16 bits per heavy atom. The molecule has 0 fully saturated rings. The van der Waals surface area contributed by atoms with E-state index in [1.54, 1.807) is 6.07 Å². The van der Waals surface area contributed by atoms with Crippen molar-refractivity contribution in [2.24, 2.45) is 0 Å². The smallest absolute Gasteiger partial charge is 0.332 e. The van der Waals surface area contributed by atoms with Gasteiger partial charge < -0.3 is 14.8 Å². The van der Waals surface area contributed by atoms with Crippen LogP contribution in [0.15, 0.2) is 24.3 Å². The summed E-state index contributed by atoms with van der Waals surface area (Å²) in [4.78, 5) is 11.2. The van der Waals surface area contributed by atoms with Gasteiger partial charge in [0.05, 0.1) is 0 Å². The van der Waals surface area contributed by atoms with Crippen LogP contribution in [-0.4, -0.2) is 31.8 Å². The monoisotopic (exact) mass is 269 g/mol. The van der Waals surface area contributed by atoms with E-state index in [9.17, 15) is 9.18 Å². The van der Waals surface area contributed by atoms with E-state index in [4.69, 9.17) is 4.74 Å². The molecule has 0 aliphatic rings. The van der Waals surface area contributed by atoms with Crippen molar-refractivity contribution in [1.82, 2.24) is 5.32 Å². The molecule has 1 aromatic carbocycles. The maximum atomic E-state index is 13.0. The van der Waals surface area contributed by atoms with Gasteiger partial charge in [-0.05, 0) is 31.5 Å². The third kappa shape index (κ3) is 6.31. The normalized spacial score (nSPS) is 11.4. The molecule has 5 heteroatoms. The number of hydrogen-bond donors (Lipinski definition) is 1. The summed E-state index contributed by atoms with van der Waals surface area (Å²) in [5.41, 5.74) is 0.451. The van der Waals surface area contributed by atoms with Gasteiger partial charge in [0.2, 0.25) is 0 Å². The van der Waals surface area contributed by atoms with E-state index in [-0.39, 0.29) is 19.0 Å². The second-order valence-corrected chi connectivity index (χ2v) is 4.96. The number of nitrogens with one attached hydrogen (secondary N) is 1. The molecule has 0 aliphatic heterocycles. The Bertz CT molecular complexity index is 421. The van der Waals surface area contributed by atoms with Crippen molar-refractivity contribution in [2.45, 2.75) is 25.9 Å². The first-order chi connectivity index (χ1) is 8.93. The van der Waals surface area contributed by atoms with Gasteiger partial charge in [-0.2, -0.15) is 0 Å². The molecule has 0 saturated heterocycles. The Morgan fingerprint density at radius 1 is 1.42 bits per heavy atom. The first-order valence-corrected chi connectivity index (χ1v) is 6.07. The molecule has 0 radical (unpaired) electrons. The molecule has 1 rings (SSSR count). The standard InChI is InChI=1S/C14H20FNO3/c1-14(2,10-19-13(17)9-18-3)16-8-11-5-4-6-12(15)7-11/h4-7,16H,8-10H2,1-3H3. The minimum absolute atomic E-state index is 0.0556. The fraction of sp³-hybridized carbons (Fsp3) is 0.500. The zero-order valence-electron chi connectivity index (χ0n) is 11.5. The third-order valence-corrected chi connectivity index (χ3v) is 2.52. The van der Waals surface area contributed by atoms with Crippen LogP contribution in [0, 0.1) is 5.82 Å². The number of carbonyl (C=O) groups is 1. The van der Waals surface area contributed by atoms with E-state index in [0.29, 0.717) is 6.54 Å². The molecule has 106 valence electrons. The zero-order chi connectivity index (χ0) is 14.3. The van der Waals surface area contributed by atoms with Crippen LogP contribution in [0.5, 0.6) is 0 Å². The summed E-state index contributed by atoms with van der Waals surface area (Å²) in [5, 5.41) is 3.22. The van der Waals surface area contributed by atoms with Gasteiger partial charge in [0.1, 0.15) is 19.0 Å². The van der Waals surface area contributed by atoms with Gasteiger partial charge in [-0.3, -0.25) is 0 Å². The predicted molar refractivity (Wildman–Crippen MR) is 70.2 cm³/mol. The van der Waals surface area contributed by atoms with Crippen LogP contribution in [0.25, 0.3) is 0 Å². The first-order valence-electron chi connectivity index (χ1n) is 6.07. The van der Waals surface area contributed by atoms with Crippen LogP contribution in [0.4, 0.5) is 4.39 Å². The fourth-order valence-electron chi connectivity index (χ4n) is 1.46. The fourth-order valence-corrected chi connectivity index (χ4v) is 1.46. The topological polar surface area (TPSA) is 47.6 Å². The van der Waals surface area contributed by atoms with Crippen LogP contribution in [0.2, 0.25) is 0 Å². The molecule has 0 saturated carbocycles. The van der Waals surface area contributed by atoms with Gasteiger partial charge >= 0.3 is 5.97 Å². The number of ether oxygens (including phenoxy) is 2. The summed E-state index contributed by atoms with van der Waals surface area (Å²) in [6.07, 6.45) is 0. The quantitative estimate of drug-likeness (QED) is 0.768. The van der Waals surface area contributed by atoms with Crippen molar-refractivity contribution in [3.8, 4) is 0 Å². The lowest BCUT2D eigenvalue weighted by atomic mass is 10.1. The van der Waals surface area contributed by atoms with E-state index >= 15 is 0 Å². The van der Waals surface area contributed by atoms with Crippen molar-refractivity contribution in [2.75, 3.05) is 20.3 Å². The number of esters is 1. The van der Waals surface area contributed by atoms with Crippen LogP contribution < -0.4 is 5.32 Å². The molecule has 4 nitrogen and oxygen atoms in total. The largest absolute Gasteiger partial charge is 0.462 e. The Balaban J connectivity index is 2.40. The summed E-state index contributed by atoms with van der Waals surface area (Å²) in [6.45, 7) is 4.50. The molecule has 0 aromatic heterocycles. The highest BCUT2D eigenvalue weighted by Crippen LogP contribution is 2.08. The van der Waals surface area contributed by atoms with Crippen LogP contribution in [-0.2, 0) is 20.8 Å². The van der Waals surface area contributed by atoms with Gasteiger partial charge in [-0.15, -0.1) is 0 Å². The van der Waals surface area contributed by atoms with E-state index in [1.807, 2.05) is 19.9 Å². The molecule has 0 aliphatic carbocycles. The number of methoxy groups -OCH3 is 1. The molecule has 0 heterocycles. The van der Waals surface area contributed by atoms with Crippen molar-refractivity contribution >= 4 is 5.97 Å². The summed E-state index contributed by atoms with van der Waals surface area (Å²) >= 11 is 0. The Labute approximate surface area is 112 Å². The molecule has 1 aromatic rings. The molecular weight excluding hydrogens is 249 g/mol. The minimum atomic E-state index is -0.400. The summed E-state index contributed by atoms with van der Waals surface area (Å²) in [5.74, 6) is -0.660. The number of benzene rings is 1. The highest BCUT2D eigenvalue weighted by atomic mass is 19.1. The molecule has 19 heavy (non-hydrogen) atoms. The highest BCUT2D eigenvalue weighted by Gasteiger charge is 2.19. The van der Waals surface area contributed by atoms with Crippen LogP contribution in [0.3, 0.4) is 0 Å². The number of halogens is 1. The second kappa shape index (κ2) is 7.21. The van der Waals surface area contributed by atoms with E-state index < -0.39 is 11.5 Å². The molecule has 0 spiro atoms. The third-order valence-electron chi connectivity index (χ3n) is 2.52. The maximum absolute atomic E-state index is 13.0. The predicted octanol–water partition coefficient (Wildman–Crippen LogP) is 1.88. The molecule has 0 unspecified atom stereocenters. The van der Waals surface area contributed by atoms with Crippen molar-refractivity contribution < 1.29 is 18.7 Å². The van der Waals surface area contributed by atoms with E-state index in [2.05, 4.69) is 10.1 Å². The number of hydrogen-bond acceptors (Lipinski definition) is 4. The lowest BCUT2D eigenvalue weighted by Crippen LogP contribution is -2.43. The lowest BCUT2D eigenvalue weighted by Gasteiger charge is -2.26. The molecular formula is C14H20FNO3. The Morgan fingerprint density at radius 3 is 2.79 bits per heavy atom. The number of carbonyl (C=O) groups excluding carboxylic acids is 1. The molecule has 0 atom stereocenters. The van der Waals surface area contributed by atoms with Gasteiger partial charge in [0.15, 0.2) is 0 Å². The average molecular weight is 269 g/mol. The van der Waals surface area contributed by atoms with Crippen molar-refractivity contribution in [3.05, 3.63) is 35.6 Å². The van der Waals surface area contributed by atoms with E-state index in [1.165, 1.54) is 19.2 Å². The van der Waals surface area contributed by atoms with Gasteiger partial charge in [0.25, 0.3) is 0 Å². The summed E-state index contributed by atoms with van der Waals surface area (Å²) < 4.78 is 22.7.